The maximum atomic E-state index is 13.5. The Morgan fingerprint density at radius 2 is 2.05 bits per heavy atom. The average molecular weight is 313 g/mol. The number of hydrogen-bond acceptors (Lipinski definition) is 4. The Morgan fingerprint density at radius 1 is 1.29 bits per heavy atom. The first-order valence-corrected chi connectivity index (χ1v) is 8.60. The van der Waals surface area contributed by atoms with Gasteiger partial charge in [0.2, 0.25) is 0 Å². The molecule has 0 amide bonds. The van der Waals surface area contributed by atoms with Gasteiger partial charge in [-0.25, -0.2) is 4.39 Å². The van der Waals surface area contributed by atoms with E-state index in [4.69, 9.17) is 9.84 Å². The minimum atomic E-state index is -0.126. The van der Waals surface area contributed by atoms with E-state index in [1.165, 1.54) is 6.07 Å². The fraction of sp³-hybridized carbons (Fsp3) is 0.625. The number of rotatable bonds is 8. The molecule has 5 heteroatoms. The quantitative estimate of drug-likeness (QED) is 0.591. The molecule has 0 atom stereocenters. The number of hydrogen-bond donors (Lipinski definition) is 1. The number of aliphatic hydroxyl groups excluding tert-OH is 1. The highest BCUT2D eigenvalue weighted by atomic mass is 32.2. The highest BCUT2D eigenvalue weighted by Gasteiger charge is 2.19. The van der Waals surface area contributed by atoms with Gasteiger partial charge in [-0.2, -0.15) is 0 Å². The predicted molar refractivity (Wildman–Crippen MR) is 84.2 cm³/mol. The molecule has 1 aliphatic rings. The summed E-state index contributed by atoms with van der Waals surface area (Å²) in [6.07, 6.45) is 3.16. The molecule has 1 fully saturated rings. The van der Waals surface area contributed by atoms with Gasteiger partial charge in [0.15, 0.2) is 0 Å². The van der Waals surface area contributed by atoms with Gasteiger partial charge in [0.1, 0.15) is 5.82 Å². The van der Waals surface area contributed by atoms with Crippen molar-refractivity contribution < 1.29 is 14.2 Å². The van der Waals surface area contributed by atoms with E-state index >= 15 is 0 Å². The van der Waals surface area contributed by atoms with E-state index in [1.54, 1.807) is 17.8 Å². The summed E-state index contributed by atoms with van der Waals surface area (Å²) in [5, 5.41) is 8.73. The third-order valence-corrected chi connectivity index (χ3v) is 4.72. The Kier molecular flexibility index (Phi) is 7.50. The van der Waals surface area contributed by atoms with Crippen molar-refractivity contribution >= 4 is 11.8 Å². The van der Waals surface area contributed by atoms with Gasteiger partial charge < -0.3 is 14.7 Å². The zero-order chi connectivity index (χ0) is 14.9. The van der Waals surface area contributed by atoms with Crippen molar-refractivity contribution in [2.24, 2.45) is 0 Å². The lowest BCUT2D eigenvalue weighted by Crippen LogP contribution is -2.38. The predicted octanol–water partition coefficient (Wildman–Crippen LogP) is 2.78. The van der Waals surface area contributed by atoms with Crippen molar-refractivity contribution in [3.8, 4) is 0 Å². The second-order valence-corrected chi connectivity index (χ2v) is 6.40. The lowest BCUT2D eigenvalue weighted by Gasteiger charge is -2.31. The van der Waals surface area contributed by atoms with E-state index < -0.39 is 0 Å². The molecule has 0 unspecified atom stereocenters. The van der Waals surface area contributed by atoms with Crippen LogP contribution in [-0.4, -0.2) is 54.7 Å². The molecule has 21 heavy (non-hydrogen) atoms. The van der Waals surface area contributed by atoms with Gasteiger partial charge in [-0.05, 0) is 31.4 Å². The number of likely N-dealkylation sites (tertiary alicyclic amines) is 1. The zero-order valence-electron chi connectivity index (χ0n) is 12.3. The summed E-state index contributed by atoms with van der Waals surface area (Å²) in [4.78, 5) is 3.15. The Bertz CT molecular complexity index is 411. The van der Waals surface area contributed by atoms with Gasteiger partial charge in [-0.15, -0.1) is 11.8 Å². The first-order chi connectivity index (χ1) is 10.3. The Hall–Kier alpha value is -0.620. The van der Waals surface area contributed by atoms with Crippen LogP contribution in [0.15, 0.2) is 29.2 Å². The largest absolute Gasteiger partial charge is 0.396 e. The second kappa shape index (κ2) is 9.41. The third-order valence-electron chi connectivity index (χ3n) is 3.69. The highest BCUT2D eigenvalue weighted by molar-refractivity contribution is 7.99. The average Bonchev–Trinajstić information content (AvgIpc) is 2.51. The highest BCUT2D eigenvalue weighted by Crippen LogP contribution is 2.22. The normalized spacial score (nSPS) is 17.2. The topological polar surface area (TPSA) is 32.7 Å². The van der Waals surface area contributed by atoms with Crippen LogP contribution < -0.4 is 0 Å². The molecule has 1 N–H and O–H groups in total. The van der Waals surface area contributed by atoms with E-state index in [0.29, 0.717) is 12.7 Å². The molecular weight excluding hydrogens is 289 g/mol. The van der Waals surface area contributed by atoms with Crippen LogP contribution in [0, 0.1) is 5.82 Å². The summed E-state index contributed by atoms with van der Waals surface area (Å²) in [6.45, 7) is 3.93. The molecule has 1 aliphatic heterocycles. The SMILES string of the molecule is OCCCOC1CCN(CCSc2ccccc2F)CC1. The fourth-order valence-electron chi connectivity index (χ4n) is 2.46. The van der Waals surface area contributed by atoms with Crippen molar-refractivity contribution in [1.82, 2.24) is 4.90 Å². The molecule has 1 heterocycles. The molecule has 2 rings (SSSR count). The van der Waals surface area contributed by atoms with Gasteiger partial charge in [0.05, 0.1) is 6.10 Å². The standard InChI is InChI=1S/C16H24FNO2S/c17-15-4-1-2-5-16(15)21-13-10-18-8-6-14(7-9-18)20-12-3-11-19/h1-2,4-5,14,19H,3,6-13H2. The molecule has 1 saturated heterocycles. The monoisotopic (exact) mass is 313 g/mol. The molecule has 0 spiro atoms. The molecular formula is C16H24FNO2S. The number of ether oxygens (including phenoxy) is 1. The van der Waals surface area contributed by atoms with E-state index in [1.807, 2.05) is 12.1 Å². The van der Waals surface area contributed by atoms with E-state index in [-0.39, 0.29) is 12.4 Å². The molecule has 0 bridgehead atoms. The number of thioether (sulfide) groups is 1. The smallest absolute Gasteiger partial charge is 0.136 e. The summed E-state index contributed by atoms with van der Waals surface area (Å²) in [7, 11) is 0. The Morgan fingerprint density at radius 3 is 2.76 bits per heavy atom. The lowest BCUT2D eigenvalue weighted by molar-refractivity contribution is 0.00349. The first kappa shape index (κ1) is 16.7. The van der Waals surface area contributed by atoms with Crippen molar-refractivity contribution in [2.45, 2.75) is 30.3 Å². The second-order valence-electron chi connectivity index (χ2n) is 5.27. The van der Waals surface area contributed by atoms with Gasteiger partial charge >= 0.3 is 0 Å². The van der Waals surface area contributed by atoms with Crippen molar-refractivity contribution in [1.29, 1.82) is 0 Å². The maximum absolute atomic E-state index is 13.5. The molecule has 0 aromatic heterocycles. The Labute approximate surface area is 130 Å². The summed E-state index contributed by atoms with van der Waals surface area (Å²) >= 11 is 1.58. The van der Waals surface area contributed by atoms with Crippen LogP contribution in [0.1, 0.15) is 19.3 Å². The maximum Gasteiger partial charge on any atom is 0.136 e. The summed E-state index contributed by atoms with van der Waals surface area (Å²) < 4.78 is 19.2. The molecule has 1 aromatic rings. The molecule has 1 aromatic carbocycles. The minimum Gasteiger partial charge on any atom is -0.396 e. The van der Waals surface area contributed by atoms with Crippen LogP contribution in [0.25, 0.3) is 0 Å². The molecule has 118 valence electrons. The number of piperidine rings is 1. The molecule has 3 nitrogen and oxygen atoms in total. The number of aliphatic hydroxyl groups is 1. The van der Waals surface area contributed by atoms with Crippen LogP contribution in [0.2, 0.25) is 0 Å². The van der Waals surface area contributed by atoms with Crippen LogP contribution in [0.4, 0.5) is 4.39 Å². The lowest BCUT2D eigenvalue weighted by atomic mass is 10.1. The van der Waals surface area contributed by atoms with E-state index in [2.05, 4.69) is 4.90 Å². The molecule has 0 aliphatic carbocycles. The van der Waals surface area contributed by atoms with Gasteiger partial charge in [0, 0.05) is 43.5 Å². The van der Waals surface area contributed by atoms with E-state index in [0.717, 1.165) is 49.5 Å². The number of nitrogens with zero attached hydrogens (tertiary/aromatic N) is 1. The van der Waals surface area contributed by atoms with Crippen LogP contribution in [0.5, 0.6) is 0 Å². The van der Waals surface area contributed by atoms with E-state index in [9.17, 15) is 4.39 Å². The van der Waals surface area contributed by atoms with Gasteiger partial charge in [-0.3, -0.25) is 0 Å². The molecule has 0 radical (unpaired) electrons. The Balaban J connectivity index is 1.60. The summed E-state index contributed by atoms with van der Waals surface area (Å²) in [6, 6.07) is 6.94. The third kappa shape index (κ3) is 5.94. The van der Waals surface area contributed by atoms with Crippen molar-refractivity contribution in [3.05, 3.63) is 30.1 Å². The van der Waals surface area contributed by atoms with Crippen LogP contribution in [-0.2, 0) is 4.74 Å². The van der Waals surface area contributed by atoms with Gasteiger partial charge in [-0.1, -0.05) is 12.1 Å². The number of benzene rings is 1. The zero-order valence-corrected chi connectivity index (χ0v) is 13.2. The minimum absolute atomic E-state index is 0.126. The van der Waals surface area contributed by atoms with Crippen molar-refractivity contribution in [2.75, 3.05) is 38.6 Å². The van der Waals surface area contributed by atoms with Crippen LogP contribution >= 0.6 is 11.8 Å². The fourth-order valence-corrected chi connectivity index (χ4v) is 3.41. The van der Waals surface area contributed by atoms with Crippen LogP contribution in [0.3, 0.4) is 0 Å². The van der Waals surface area contributed by atoms with Crippen molar-refractivity contribution in [3.63, 3.8) is 0 Å². The van der Waals surface area contributed by atoms with Gasteiger partial charge in [0.25, 0.3) is 0 Å². The summed E-state index contributed by atoms with van der Waals surface area (Å²) in [5.41, 5.74) is 0. The summed E-state index contributed by atoms with van der Waals surface area (Å²) in [5.74, 6) is 0.787. The first-order valence-electron chi connectivity index (χ1n) is 7.61. The molecule has 0 saturated carbocycles. The number of halogens is 1.